The highest BCUT2D eigenvalue weighted by Gasteiger charge is 2.53. The number of hydrogen-bond donors (Lipinski definition) is 2. The maximum Gasteiger partial charge on any atom is 0.287 e. The molecule has 98 valence electrons. The van der Waals surface area contributed by atoms with Crippen LogP contribution >= 0.6 is 0 Å². The number of carbonyl (C=O) groups is 1. The monoisotopic (exact) mass is 249 g/mol. The molecule has 1 saturated heterocycles. The van der Waals surface area contributed by atoms with Gasteiger partial charge in [0.25, 0.3) is 5.91 Å². The van der Waals surface area contributed by atoms with Crippen LogP contribution in [0.4, 0.5) is 0 Å². The molecule has 3 rings (SSSR count). The Morgan fingerprint density at radius 3 is 3.17 bits per heavy atom. The Hall–Kier alpha value is -1.36. The average Bonchev–Trinajstić information content (AvgIpc) is 2.94. The van der Waals surface area contributed by atoms with Gasteiger partial charge in [-0.25, -0.2) is 4.98 Å². The minimum Gasteiger partial charge on any atom is -0.377 e. The third kappa shape index (κ3) is 1.73. The Labute approximate surface area is 106 Å². The Morgan fingerprint density at radius 2 is 2.50 bits per heavy atom. The maximum absolute atomic E-state index is 12.1. The number of ether oxygens (including phenoxy) is 1. The van der Waals surface area contributed by atoms with Crippen molar-refractivity contribution in [3.63, 3.8) is 0 Å². The number of aromatic nitrogens is 2. The molecule has 18 heavy (non-hydrogen) atoms. The molecule has 0 radical (unpaired) electrons. The summed E-state index contributed by atoms with van der Waals surface area (Å²) in [6.45, 7) is 4.87. The number of fused-ring (bicyclic) bond motifs is 1. The third-order valence-electron chi connectivity index (χ3n) is 4.22. The lowest BCUT2D eigenvalue weighted by Gasteiger charge is -2.47. The first-order valence-corrected chi connectivity index (χ1v) is 6.64. The van der Waals surface area contributed by atoms with E-state index >= 15 is 0 Å². The predicted molar refractivity (Wildman–Crippen MR) is 66.2 cm³/mol. The highest BCUT2D eigenvalue weighted by atomic mass is 16.5. The van der Waals surface area contributed by atoms with Crippen LogP contribution < -0.4 is 5.32 Å². The van der Waals surface area contributed by atoms with E-state index < -0.39 is 0 Å². The van der Waals surface area contributed by atoms with E-state index in [2.05, 4.69) is 22.2 Å². The number of H-pyrrole nitrogens is 1. The van der Waals surface area contributed by atoms with Crippen LogP contribution in [-0.2, 0) is 4.74 Å². The molecular weight excluding hydrogens is 230 g/mol. The number of hydrogen-bond acceptors (Lipinski definition) is 3. The van der Waals surface area contributed by atoms with Crippen LogP contribution in [0.1, 0.15) is 36.1 Å². The van der Waals surface area contributed by atoms with Gasteiger partial charge in [-0.1, -0.05) is 6.92 Å². The molecule has 2 aliphatic rings. The largest absolute Gasteiger partial charge is 0.377 e. The van der Waals surface area contributed by atoms with Crippen LogP contribution in [0, 0.1) is 18.8 Å². The first kappa shape index (κ1) is 11.7. The first-order valence-electron chi connectivity index (χ1n) is 6.64. The van der Waals surface area contributed by atoms with Crippen LogP contribution in [0.15, 0.2) is 6.20 Å². The molecular formula is C13H19N3O2. The lowest BCUT2D eigenvalue weighted by molar-refractivity contribution is -0.0546. The van der Waals surface area contributed by atoms with E-state index in [1.165, 1.54) is 0 Å². The van der Waals surface area contributed by atoms with Crippen LogP contribution in [0.2, 0.25) is 0 Å². The Kier molecular flexibility index (Phi) is 2.86. The number of amides is 1. The SMILES string of the molecule is CC[C@@H]1[C@H](NC(=O)c2ncc(C)[nH]2)[C@@H]2CCO[C@H]12. The number of aryl methyl sites for hydroxylation is 1. The molecule has 1 aromatic rings. The van der Waals surface area contributed by atoms with Crippen LogP contribution in [0.25, 0.3) is 0 Å². The Bertz CT molecular complexity index is 457. The van der Waals surface area contributed by atoms with Gasteiger partial charge >= 0.3 is 0 Å². The molecule has 1 amide bonds. The lowest BCUT2D eigenvalue weighted by atomic mass is 9.65. The number of nitrogens with zero attached hydrogens (tertiary/aromatic N) is 1. The van der Waals surface area contributed by atoms with Gasteiger partial charge in [-0.3, -0.25) is 4.79 Å². The topological polar surface area (TPSA) is 67.0 Å². The van der Waals surface area contributed by atoms with Gasteiger partial charge < -0.3 is 15.0 Å². The fourth-order valence-electron chi connectivity index (χ4n) is 3.28. The van der Waals surface area contributed by atoms with E-state index in [0.29, 0.717) is 23.8 Å². The predicted octanol–water partition coefficient (Wildman–Crippen LogP) is 1.26. The van der Waals surface area contributed by atoms with Crippen molar-refractivity contribution < 1.29 is 9.53 Å². The molecule has 0 aromatic carbocycles. The van der Waals surface area contributed by atoms with Crippen molar-refractivity contribution in [2.45, 2.75) is 38.8 Å². The lowest BCUT2D eigenvalue weighted by Crippen LogP contribution is -2.61. The molecule has 1 aromatic heterocycles. The minimum atomic E-state index is -0.100. The fraction of sp³-hybridized carbons (Fsp3) is 0.692. The van der Waals surface area contributed by atoms with Crippen molar-refractivity contribution in [1.29, 1.82) is 0 Å². The third-order valence-corrected chi connectivity index (χ3v) is 4.22. The zero-order valence-corrected chi connectivity index (χ0v) is 10.8. The van der Waals surface area contributed by atoms with Crippen molar-refractivity contribution in [2.24, 2.45) is 11.8 Å². The second kappa shape index (κ2) is 4.39. The second-order valence-electron chi connectivity index (χ2n) is 5.27. The van der Waals surface area contributed by atoms with E-state index in [-0.39, 0.29) is 11.9 Å². The molecule has 2 heterocycles. The maximum atomic E-state index is 12.1. The zero-order valence-electron chi connectivity index (χ0n) is 10.8. The van der Waals surface area contributed by atoms with E-state index in [9.17, 15) is 4.79 Å². The molecule has 5 nitrogen and oxygen atoms in total. The van der Waals surface area contributed by atoms with Crippen molar-refractivity contribution in [1.82, 2.24) is 15.3 Å². The van der Waals surface area contributed by atoms with Crippen molar-refractivity contribution in [3.05, 3.63) is 17.7 Å². The van der Waals surface area contributed by atoms with Gasteiger partial charge in [-0.15, -0.1) is 0 Å². The van der Waals surface area contributed by atoms with Crippen molar-refractivity contribution in [3.8, 4) is 0 Å². The van der Waals surface area contributed by atoms with Gasteiger partial charge in [-0.2, -0.15) is 0 Å². The number of rotatable bonds is 3. The number of imidazole rings is 1. The summed E-state index contributed by atoms with van der Waals surface area (Å²) >= 11 is 0. The van der Waals surface area contributed by atoms with Gasteiger partial charge in [0.15, 0.2) is 5.82 Å². The van der Waals surface area contributed by atoms with Crippen LogP contribution in [-0.4, -0.2) is 34.6 Å². The zero-order chi connectivity index (χ0) is 12.7. The van der Waals surface area contributed by atoms with Crippen LogP contribution in [0.5, 0.6) is 0 Å². The molecule has 1 aliphatic carbocycles. The summed E-state index contributed by atoms with van der Waals surface area (Å²) < 4.78 is 5.70. The van der Waals surface area contributed by atoms with Crippen molar-refractivity contribution >= 4 is 5.91 Å². The summed E-state index contributed by atoms with van der Waals surface area (Å²) in [4.78, 5) is 19.1. The molecule has 2 N–H and O–H groups in total. The summed E-state index contributed by atoms with van der Waals surface area (Å²) in [7, 11) is 0. The van der Waals surface area contributed by atoms with Crippen molar-refractivity contribution in [2.75, 3.05) is 6.61 Å². The van der Waals surface area contributed by atoms with E-state index in [0.717, 1.165) is 25.1 Å². The van der Waals surface area contributed by atoms with Gasteiger partial charge in [-0.05, 0) is 19.8 Å². The van der Waals surface area contributed by atoms with Gasteiger partial charge in [0.05, 0.1) is 6.10 Å². The number of nitrogens with one attached hydrogen (secondary N) is 2. The van der Waals surface area contributed by atoms with Gasteiger partial charge in [0.2, 0.25) is 0 Å². The second-order valence-corrected chi connectivity index (χ2v) is 5.27. The summed E-state index contributed by atoms with van der Waals surface area (Å²) in [6.07, 6.45) is 4.14. The van der Waals surface area contributed by atoms with E-state index in [1.807, 2.05) is 6.92 Å². The molecule has 1 saturated carbocycles. The number of carbonyl (C=O) groups excluding carboxylic acids is 1. The average molecular weight is 249 g/mol. The van der Waals surface area contributed by atoms with E-state index in [4.69, 9.17) is 4.74 Å². The van der Waals surface area contributed by atoms with E-state index in [1.54, 1.807) is 6.20 Å². The summed E-state index contributed by atoms with van der Waals surface area (Å²) in [5, 5.41) is 3.11. The van der Waals surface area contributed by atoms with Gasteiger partial charge in [0, 0.05) is 36.4 Å². The Morgan fingerprint density at radius 1 is 1.67 bits per heavy atom. The molecule has 4 atom stereocenters. The molecule has 0 spiro atoms. The normalized spacial score (nSPS) is 33.9. The molecule has 5 heteroatoms. The smallest absolute Gasteiger partial charge is 0.287 e. The summed E-state index contributed by atoms with van der Waals surface area (Å²) in [6, 6.07) is 0.250. The quantitative estimate of drug-likeness (QED) is 0.847. The fourth-order valence-corrected chi connectivity index (χ4v) is 3.28. The number of aromatic amines is 1. The standard InChI is InChI=1S/C13H19N3O2/c1-3-8-10(9-4-5-18-11(8)9)16-13(17)12-14-6-7(2)15-12/h6,8-11H,3-5H2,1-2H3,(H,14,15)(H,16,17)/t8-,9+,10+,11-/m1/s1. The first-order chi connectivity index (χ1) is 8.70. The van der Waals surface area contributed by atoms with Gasteiger partial charge in [0.1, 0.15) is 0 Å². The Balaban J connectivity index is 1.67. The highest BCUT2D eigenvalue weighted by Crippen LogP contribution is 2.45. The molecule has 0 unspecified atom stereocenters. The minimum absolute atomic E-state index is 0.100. The summed E-state index contributed by atoms with van der Waals surface area (Å²) in [5.74, 6) is 1.26. The van der Waals surface area contributed by atoms with Crippen LogP contribution in [0.3, 0.4) is 0 Å². The molecule has 2 fully saturated rings. The highest BCUT2D eigenvalue weighted by molar-refractivity contribution is 5.90. The molecule has 1 aliphatic heterocycles. The molecule has 0 bridgehead atoms. The summed E-state index contributed by atoms with van der Waals surface area (Å²) in [5.41, 5.74) is 0.905.